The molecular weight excluding hydrogens is 374 g/mol. The predicted molar refractivity (Wildman–Crippen MR) is 111 cm³/mol. The van der Waals surface area contributed by atoms with Gasteiger partial charge in [-0.3, -0.25) is 5.10 Å². The summed E-state index contributed by atoms with van der Waals surface area (Å²) in [6.45, 7) is 3.66. The zero-order chi connectivity index (χ0) is 18.9. The van der Waals surface area contributed by atoms with Crippen LogP contribution in [0.2, 0.25) is 0 Å². The van der Waals surface area contributed by atoms with Gasteiger partial charge < -0.3 is 19.7 Å². The van der Waals surface area contributed by atoms with E-state index in [9.17, 15) is 5.11 Å². The van der Waals surface area contributed by atoms with Gasteiger partial charge in [0.05, 0.1) is 34.0 Å². The predicted octanol–water partition coefficient (Wildman–Crippen LogP) is 3.39. The van der Waals surface area contributed by atoms with Crippen LogP contribution in [0, 0.1) is 0 Å². The van der Waals surface area contributed by atoms with Gasteiger partial charge in [0.2, 0.25) is 0 Å². The first-order chi connectivity index (χ1) is 13.8. The first-order valence-electron chi connectivity index (χ1n) is 9.71. The van der Waals surface area contributed by atoms with E-state index in [2.05, 4.69) is 25.1 Å². The molecule has 0 spiro atoms. The number of hydrogen-bond donors (Lipinski definition) is 3. The summed E-state index contributed by atoms with van der Waals surface area (Å²) in [4.78, 5) is 10.4. The molecule has 1 saturated heterocycles. The first-order valence-corrected chi connectivity index (χ1v) is 10.6. The SMILES string of the molecule is OC1CCN(CCCOc2ccc3nc(-c4n[nH]c5ccsc45)[nH]c3c2)CC1. The number of aromatic amines is 2. The molecule has 1 fully saturated rings. The summed E-state index contributed by atoms with van der Waals surface area (Å²) in [6.07, 6.45) is 2.63. The maximum atomic E-state index is 9.57. The highest BCUT2D eigenvalue weighted by molar-refractivity contribution is 7.17. The number of benzene rings is 1. The van der Waals surface area contributed by atoms with Gasteiger partial charge >= 0.3 is 0 Å². The normalized spacial score (nSPS) is 16.3. The van der Waals surface area contributed by atoms with Crippen LogP contribution in [0.5, 0.6) is 5.75 Å². The standard InChI is InChI=1S/C20H23N5O2S/c26-13-4-8-25(9-5-13)7-1-10-27-14-2-3-15-17(12-14)22-20(21-15)18-19-16(23-24-18)6-11-28-19/h2-3,6,11-13,26H,1,4-5,7-10H2,(H,21,22)(H,23,24). The molecule has 5 rings (SSSR count). The number of ether oxygens (including phenoxy) is 1. The third-order valence-electron chi connectivity index (χ3n) is 5.29. The molecule has 8 heteroatoms. The van der Waals surface area contributed by atoms with Gasteiger partial charge in [0.15, 0.2) is 5.82 Å². The minimum Gasteiger partial charge on any atom is -0.493 e. The summed E-state index contributed by atoms with van der Waals surface area (Å²) in [5, 5.41) is 19.1. The Balaban J connectivity index is 1.22. The molecular formula is C20H23N5O2S. The summed E-state index contributed by atoms with van der Waals surface area (Å²) in [5.41, 5.74) is 3.75. The molecule has 1 aliphatic rings. The van der Waals surface area contributed by atoms with Crippen molar-refractivity contribution >= 4 is 32.6 Å². The Morgan fingerprint density at radius 1 is 1.21 bits per heavy atom. The van der Waals surface area contributed by atoms with Gasteiger partial charge in [-0.05, 0) is 42.8 Å². The van der Waals surface area contributed by atoms with Crippen molar-refractivity contribution in [2.45, 2.75) is 25.4 Å². The lowest BCUT2D eigenvalue weighted by Crippen LogP contribution is -2.36. The van der Waals surface area contributed by atoms with Gasteiger partial charge in [-0.1, -0.05) is 0 Å². The number of fused-ring (bicyclic) bond motifs is 2. The van der Waals surface area contributed by atoms with Crippen molar-refractivity contribution in [2.24, 2.45) is 0 Å². The Bertz CT molecular complexity index is 1080. The largest absolute Gasteiger partial charge is 0.493 e. The second-order valence-electron chi connectivity index (χ2n) is 7.27. The lowest BCUT2D eigenvalue weighted by Gasteiger charge is -2.29. The monoisotopic (exact) mass is 397 g/mol. The maximum absolute atomic E-state index is 9.57. The molecule has 0 unspecified atom stereocenters. The van der Waals surface area contributed by atoms with E-state index in [-0.39, 0.29) is 6.10 Å². The van der Waals surface area contributed by atoms with E-state index in [1.807, 2.05) is 29.6 Å². The number of thiophene rings is 1. The zero-order valence-electron chi connectivity index (χ0n) is 15.5. The third-order valence-corrected chi connectivity index (χ3v) is 6.21. The smallest absolute Gasteiger partial charge is 0.160 e. The minimum absolute atomic E-state index is 0.115. The number of nitrogens with zero attached hydrogens (tertiary/aromatic N) is 3. The van der Waals surface area contributed by atoms with Crippen LogP contribution in [-0.4, -0.2) is 62.5 Å². The van der Waals surface area contributed by atoms with Crippen molar-refractivity contribution in [3.05, 3.63) is 29.6 Å². The van der Waals surface area contributed by atoms with E-state index >= 15 is 0 Å². The van der Waals surface area contributed by atoms with Crippen molar-refractivity contribution < 1.29 is 9.84 Å². The summed E-state index contributed by atoms with van der Waals surface area (Å²) < 4.78 is 7.05. The Morgan fingerprint density at radius 2 is 2.11 bits per heavy atom. The maximum Gasteiger partial charge on any atom is 0.160 e. The van der Waals surface area contributed by atoms with Gasteiger partial charge in [-0.2, -0.15) is 5.10 Å². The van der Waals surface area contributed by atoms with Gasteiger partial charge in [-0.25, -0.2) is 4.98 Å². The molecule has 4 heterocycles. The van der Waals surface area contributed by atoms with Crippen molar-refractivity contribution in [3.63, 3.8) is 0 Å². The number of nitrogens with one attached hydrogen (secondary N) is 2. The fraction of sp³-hybridized carbons (Fsp3) is 0.400. The molecule has 1 aliphatic heterocycles. The average Bonchev–Trinajstić information content (AvgIpc) is 3.41. The molecule has 3 aromatic heterocycles. The number of piperidine rings is 1. The zero-order valence-corrected chi connectivity index (χ0v) is 16.3. The van der Waals surface area contributed by atoms with Crippen LogP contribution in [-0.2, 0) is 0 Å². The third kappa shape index (κ3) is 3.50. The number of likely N-dealkylation sites (tertiary alicyclic amines) is 1. The molecule has 28 heavy (non-hydrogen) atoms. The number of hydrogen-bond acceptors (Lipinski definition) is 6. The van der Waals surface area contributed by atoms with E-state index < -0.39 is 0 Å². The first kappa shape index (κ1) is 17.7. The van der Waals surface area contributed by atoms with Crippen molar-refractivity contribution in [3.8, 4) is 17.3 Å². The quantitative estimate of drug-likeness (QED) is 0.434. The molecule has 0 bridgehead atoms. The second-order valence-corrected chi connectivity index (χ2v) is 8.19. The molecule has 0 atom stereocenters. The Labute approximate surface area is 166 Å². The molecule has 4 aromatic rings. The number of rotatable bonds is 6. The summed E-state index contributed by atoms with van der Waals surface area (Å²) >= 11 is 1.66. The minimum atomic E-state index is -0.115. The van der Waals surface area contributed by atoms with Crippen LogP contribution >= 0.6 is 11.3 Å². The number of aliphatic hydroxyl groups is 1. The van der Waals surface area contributed by atoms with Gasteiger partial charge in [0.25, 0.3) is 0 Å². The lowest BCUT2D eigenvalue weighted by molar-refractivity contribution is 0.0800. The van der Waals surface area contributed by atoms with Crippen LogP contribution in [0.4, 0.5) is 0 Å². The Morgan fingerprint density at radius 3 is 3.00 bits per heavy atom. The highest BCUT2D eigenvalue weighted by atomic mass is 32.1. The molecule has 1 aromatic carbocycles. The number of H-pyrrole nitrogens is 2. The average molecular weight is 398 g/mol. The topological polar surface area (TPSA) is 90.1 Å². The fourth-order valence-electron chi connectivity index (χ4n) is 3.72. The van der Waals surface area contributed by atoms with E-state index in [4.69, 9.17) is 4.74 Å². The highest BCUT2D eigenvalue weighted by Crippen LogP contribution is 2.30. The number of aliphatic hydroxyl groups excluding tert-OH is 1. The van der Waals surface area contributed by atoms with Crippen molar-refractivity contribution in [1.82, 2.24) is 25.1 Å². The summed E-state index contributed by atoms with van der Waals surface area (Å²) in [5.74, 6) is 1.62. The van der Waals surface area contributed by atoms with E-state index in [1.165, 1.54) is 0 Å². The van der Waals surface area contributed by atoms with E-state index in [1.54, 1.807) is 11.3 Å². The summed E-state index contributed by atoms with van der Waals surface area (Å²) in [7, 11) is 0. The fourth-order valence-corrected chi connectivity index (χ4v) is 4.55. The molecule has 7 nitrogen and oxygen atoms in total. The van der Waals surface area contributed by atoms with Gasteiger partial charge in [0, 0.05) is 25.7 Å². The molecule has 3 N–H and O–H groups in total. The number of imidazole rings is 1. The molecule has 146 valence electrons. The lowest BCUT2D eigenvalue weighted by atomic mass is 10.1. The second kappa shape index (κ2) is 7.54. The van der Waals surface area contributed by atoms with Crippen LogP contribution in [0.3, 0.4) is 0 Å². The molecule has 0 radical (unpaired) electrons. The van der Waals surface area contributed by atoms with Crippen LogP contribution in [0.25, 0.3) is 32.8 Å². The number of aromatic nitrogens is 4. The molecule has 0 amide bonds. The molecule has 0 aliphatic carbocycles. The van der Waals surface area contributed by atoms with Gasteiger partial charge in [0.1, 0.15) is 11.4 Å². The Hall–Kier alpha value is -2.42. The van der Waals surface area contributed by atoms with Crippen molar-refractivity contribution in [1.29, 1.82) is 0 Å². The van der Waals surface area contributed by atoms with Crippen LogP contribution in [0.1, 0.15) is 19.3 Å². The molecule has 0 saturated carbocycles. The van der Waals surface area contributed by atoms with Crippen LogP contribution in [0.15, 0.2) is 29.6 Å². The van der Waals surface area contributed by atoms with E-state index in [0.29, 0.717) is 6.61 Å². The highest BCUT2D eigenvalue weighted by Gasteiger charge is 2.16. The van der Waals surface area contributed by atoms with Crippen LogP contribution < -0.4 is 4.74 Å². The van der Waals surface area contributed by atoms with Crippen molar-refractivity contribution in [2.75, 3.05) is 26.2 Å². The van der Waals surface area contributed by atoms with Gasteiger partial charge in [-0.15, -0.1) is 11.3 Å². The summed E-state index contributed by atoms with van der Waals surface area (Å²) in [6, 6.07) is 7.98. The van der Waals surface area contributed by atoms with E-state index in [0.717, 1.165) is 77.4 Å². The Kier molecular flexibility index (Phi) is 4.76.